The summed E-state index contributed by atoms with van der Waals surface area (Å²) in [5, 5.41) is 2.52. The highest BCUT2D eigenvalue weighted by molar-refractivity contribution is 6.00. The van der Waals surface area contributed by atoms with Crippen LogP contribution in [0.5, 0.6) is 5.75 Å². The highest BCUT2D eigenvalue weighted by atomic mass is 19.3. The Bertz CT molecular complexity index is 836. The number of hydrogen-bond acceptors (Lipinski definition) is 3. The second-order valence-electron chi connectivity index (χ2n) is 6.54. The van der Waals surface area contributed by atoms with Crippen molar-refractivity contribution in [3.05, 3.63) is 59.2 Å². The fourth-order valence-corrected chi connectivity index (χ4v) is 3.26. The molecule has 0 atom stereocenters. The van der Waals surface area contributed by atoms with E-state index in [1.807, 2.05) is 18.2 Å². The van der Waals surface area contributed by atoms with Crippen LogP contribution in [0.15, 0.2) is 42.5 Å². The first-order valence-corrected chi connectivity index (χ1v) is 9.01. The molecule has 6 heteroatoms. The third kappa shape index (κ3) is 5.12. The zero-order chi connectivity index (χ0) is 19.2. The summed E-state index contributed by atoms with van der Waals surface area (Å²) < 4.78 is 29.2. The summed E-state index contributed by atoms with van der Waals surface area (Å²) in [6, 6.07) is 11.7. The van der Waals surface area contributed by atoms with Crippen LogP contribution in [-0.4, -0.2) is 18.3 Å². The summed E-state index contributed by atoms with van der Waals surface area (Å²) in [4.78, 5) is 24.5. The number of alkyl halides is 2. The Balaban J connectivity index is 1.57. The molecule has 142 valence electrons. The van der Waals surface area contributed by atoms with Gasteiger partial charge in [0.1, 0.15) is 5.75 Å². The van der Waals surface area contributed by atoms with E-state index in [2.05, 4.69) is 10.1 Å². The van der Waals surface area contributed by atoms with Crippen molar-refractivity contribution in [1.29, 1.82) is 0 Å². The number of amides is 1. The van der Waals surface area contributed by atoms with E-state index in [0.29, 0.717) is 5.56 Å². The highest BCUT2D eigenvalue weighted by Gasteiger charge is 2.15. The minimum absolute atomic E-state index is 0.0288. The molecule has 1 aliphatic carbocycles. The van der Waals surface area contributed by atoms with Gasteiger partial charge in [0.15, 0.2) is 5.78 Å². The molecular formula is C21H21F2NO3. The minimum Gasteiger partial charge on any atom is -0.433 e. The fraction of sp³-hybridized carbons (Fsp3) is 0.333. The van der Waals surface area contributed by atoms with Gasteiger partial charge in [-0.15, -0.1) is 0 Å². The highest BCUT2D eigenvalue weighted by Crippen LogP contribution is 2.26. The number of benzene rings is 2. The van der Waals surface area contributed by atoms with Gasteiger partial charge in [0.05, 0.1) is 5.69 Å². The molecule has 0 bridgehead atoms. The Kier molecular flexibility index (Phi) is 6.16. The van der Waals surface area contributed by atoms with Crippen LogP contribution in [-0.2, 0) is 17.6 Å². The van der Waals surface area contributed by atoms with Crippen LogP contribution >= 0.6 is 0 Å². The number of aryl methyl sites for hydroxylation is 2. The molecule has 3 rings (SSSR count). The first kappa shape index (κ1) is 19.0. The van der Waals surface area contributed by atoms with E-state index >= 15 is 0 Å². The van der Waals surface area contributed by atoms with E-state index < -0.39 is 12.5 Å². The van der Waals surface area contributed by atoms with Gasteiger partial charge in [-0.3, -0.25) is 9.59 Å². The Morgan fingerprint density at radius 2 is 1.74 bits per heavy atom. The summed E-state index contributed by atoms with van der Waals surface area (Å²) in [6.07, 6.45) is 4.37. The molecule has 0 fully saturated rings. The zero-order valence-corrected chi connectivity index (χ0v) is 14.8. The first-order valence-electron chi connectivity index (χ1n) is 9.01. The summed E-state index contributed by atoms with van der Waals surface area (Å²) in [6.45, 7) is -2.98. The molecule has 0 aliphatic heterocycles. The van der Waals surface area contributed by atoms with E-state index in [1.165, 1.54) is 35.7 Å². The number of rotatable bonds is 7. The zero-order valence-electron chi connectivity index (χ0n) is 14.8. The standard InChI is InChI=1S/C21H21F2NO3/c22-21(23)27-19-8-4-3-7-17(19)24-20(26)12-11-18(25)16-10-9-14-5-1-2-6-15(14)13-16/h3-4,7-10,13,21H,1-2,5-6,11-12H2,(H,24,26). The molecule has 0 saturated heterocycles. The summed E-state index contributed by atoms with van der Waals surface area (Å²) in [5.74, 6) is -0.635. The monoisotopic (exact) mass is 373 g/mol. The third-order valence-electron chi connectivity index (χ3n) is 4.63. The lowest BCUT2D eigenvalue weighted by molar-refractivity contribution is -0.116. The van der Waals surface area contributed by atoms with E-state index in [-0.39, 0.29) is 30.1 Å². The van der Waals surface area contributed by atoms with Crippen LogP contribution < -0.4 is 10.1 Å². The van der Waals surface area contributed by atoms with Gasteiger partial charge < -0.3 is 10.1 Å². The number of hydrogen-bond donors (Lipinski definition) is 1. The molecule has 0 saturated carbocycles. The van der Waals surface area contributed by atoms with Crippen LogP contribution in [0.3, 0.4) is 0 Å². The largest absolute Gasteiger partial charge is 0.433 e. The van der Waals surface area contributed by atoms with Gasteiger partial charge >= 0.3 is 6.61 Å². The lowest BCUT2D eigenvalue weighted by Crippen LogP contribution is -2.15. The number of Topliss-reactive ketones (excluding diaryl/α,β-unsaturated/α-hetero) is 1. The maximum Gasteiger partial charge on any atom is 0.387 e. The average molecular weight is 373 g/mol. The van der Waals surface area contributed by atoms with Gasteiger partial charge in [-0.2, -0.15) is 8.78 Å². The predicted molar refractivity (Wildman–Crippen MR) is 98.4 cm³/mol. The SMILES string of the molecule is O=C(CCC(=O)c1ccc2c(c1)CCCC2)Nc1ccccc1OC(F)F. The Morgan fingerprint density at radius 3 is 2.52 bits per heavy atom. The second kappa shape index (κ2) is 8.75. The number of fused-ring (bicyclic) bond motifs is 1. The van der Waals surface area contributed by atoms with Crippen LogP contribution in [0.2, 0.25) is 0 Å². The lowest BCUT2D eigenvalue weighted by atomic mass is 9.89. The van der Waals surface area contributed by atoms with Crippen molar-refractivity contribution in [2.45, 2.75) is 45.1 Å². The maximum absolute atomic E-state index is 12.4. The van der Waals surface area contributed by atoms with Gasteiger partial charge in [0.2, 0.25) is 5.91 Å². The molecule has 2 aromatic carbocycles. The van der Waals surface area contributed by atoms with Crippen LogP contribution in [0, 0.1) is 0 Å². The summed E-state index contributed by atoms with van der Waals surface area (Å²) >= 11 is 0. The molecule has 1 amide bonds. The smallest absolute Gasteiger partial charge is 0.387 e. The van der Waals surface area contributed by atoms with Crippen LogP contribution in [0.25, 0.3) is 0 Å². The topological polar surface area (TPSA) is 55.4 Å². The van der Waals surface area contributed by atoms with Crippen LogP contribution in [0.4, 0.5) is 14.5 Å². The summed E-state index contributed by atoms with van der Waals surface area (Å²) in [7, 11) is 0. The lowest BCUT2D eigenvalue weighted by Gasteiger charge is -2.16. The minimum atomic E-state index is -2.98. The van der Waals surface area contributed by atoms with Crippen molar-refractivity contribution in [2.75, 3.05) is 5.32 Å². The predicted octanol–water partition coefficient (Wildman–Crippen LogP) is 4.77. The van der Waals surface area contributed by atoms with Crippen molar-refractivity contribution in [2.24, 2.45) is 0 Å². The number of ether oxygens (including phenoxy) is 1. The molecule has 1 N–H and O–H groups in total. The molecule has 0 radical (unpaired) electrons. The fourth-order valence-electron chi connectivity index (χ4n) is 3.26. The average Bonchev–Trinajstić information content (AvgIpc) is 2.67. The van der Waals surface area contributed by atoms with Crippen molar-refractivity contribution in [1.82, 2.24) is 0 Å². The number of carbonyl (C=O) groups is 2. The molecule has 27 heavy (non-hydrogen) atoms. The number of para-hydroxylation sites is 2. The first-order chi connectivity index (χ1) is 13.0. The van der Waals surface area contributed by atoms with E-state index in [1.54, 1.807) is 6.07 Å². The second-order valence-corrected chi connectivity index (χ2v) is 6.54. The van der Waals surface area contributed by atoms with Gasteiger partial charge in [0, 0.05) is 18.4 Å². The third-order valence-corrected chi connectivity index (χ3v) is 4.63. The molecular weight excluding hydrogens is 352 g/mol. The van der Waals surface area contributed by atoms with Crippen molar-refractivity contribution < 1.29 is 23.1 Å². The van der Waals surface area contributed by atoms with Gasteiger partial charge in [-0.25, -0.2) is 0 Å². The number of nitrogens with one attached hydrogen (secondary N) is 1. The van der Waals surface area contributed by atoms with E-state index in [0.717, 1.165) is 19.3 Å². The number of halogens is 2. The van der Waals surface area contributed by atoms with Crippen LogP contribution in [0.1, 0.15) is 47.2 Å². The molecule has 0 aromatic heterocycles. The summed E-state index contributed by atoms with van der Waals surface area (Å²) in [5.41, 5.74) is 3.29. The van der Waals surface area contributed by atoms with Gasteiger partial charge in [-0.1, -0.05) is 24.3 Å². The Morgan fingerprint density at radius 1 is 1.00 bits per heavy atom. The molecule has 0 unspecified atom stereocenters. The van der Waals surface area contributed by atoms with Gasteiger partial charge in [0.25, 0.3) is 0 Å². The molecule has 2 aromatic rings. The Labute approximate surface area is 156 Å². The van der Waals surface area contributed by atoms with Crippen molar-refractivity contribution in [3.8, 4) is 5.75 Å². The van der Waals surface area contributed by atoms with E-state index in [4.69, 9.17) is 0 Å². The molecule has 0 spiro atoms. The molecule has 0 heterocycles. The van der Waals surface area contributed by atoms with E-state index in [9.17, 15) is 18.4 Å². The number of carbonyl (C=O) groups excluding carboxylic acids is 2. The quantitative estimate of drug-likeness (QED) is 0.712. The normalized spacial score (nSPS) is 13.1. The van der Waals surface area contributed by atoms with Gasteiger partial charge in [-0.05, 0) is 55.0 Å². The molecule has 4 nitrogen and oxygen atoms in total. The number of ketones is 1. The number of anilines is 1. The molecule has 1 aliphatic rings. The maximum atomic E-state index is 12.4. The Hall–Kier alpha value is -2.76. The van der Waals surface area contributed by atoms with Crippen molar-refractivity contribution >= 4 is 17.4 Å². The van der Waals surface area contributed by atoms with Crippen molar-refractivity contribution in [3.63, 3.8) is 0 Å².